The SMILES string of the molecule is Cc1ccc(-n2c(=S)sc3cc(-c4ccc(Br)cc4)sc32)cc1. The molecule has 0 bridgehead atoms. The molecule has 0 atom stereocenters. The van der Waals surface area contributed by atoms with Gasteiger partial charge in [-0.15, -0.1) is 22.7 Å². The monoisotopic (exact) mass is 417 g/mol. The summed E-state index contributed by atoms with van der Waals surface area (Å²) in [7, 11) is 0. The fraction of sp³-hybridized carbons (Fsp3) is 0.0556. The summed E-state index contributed by atoms with van der Waals surface area (Å²) in [6, 6.07) is 19.2. The molecule has 23 heavy (non-hydrogen) atoms. The highest BCUT2D eigenvalue weighted by Gasteiger charge is 2.12. The van der Waals surface area contributed by atoms with Crippen molar-refractivity contribution in [2.24, 2.45) is 0 Å². The molecule has 0 fully saturated rings. The van der Waals surface area contributed by atoms with Crippen molar-refractivity contribution in [2.75, 3.05) is 0 Å². The first kappa shape index (κ1) is 15.3. The molecule has 2 aromatic carbocycles. The zero-order chi connectivity index (χ0) is 16.0. The normalized spacial score (nSPS) is 11.2. The first-order valence-electron chi connectivity index (χ1n) is 7.10. The number of aromatic nitrogens is 1. The van der Waals surface area contributed by atoms with Crippen LogP contribution < -0.4 is 0 Å². The molecular formula is C18H12BrNS3. The van der Waals surface area contributed by atoms with Gasteiger partial charge in [0.25, 0.3) is 0 Å². The third-order valence-electron chi connectivity index (χ3n) is 3.68. The second-order valence-corrected chi connectivity index (χ2v) is 8.95. The van der Waals surface area contributed by atoms with E-state index in [-0.39, 0.29) is 0 Å². The van der Waals surface area contributed by atoms with Crippen molar-refractivity contribution < 1.29 is 0 Å². The van der Waals surface area contributed by atoms with Crippen LogP contribution in [0.3, 0.4) is 0 Å². The van der Waals surface area contributed by atoms with E-state index in [1.54, 1.807) is 22.7 Å². The second-order valence-electron chi connectivity index (χ2n) is 5.33. The number of aryl methyl sites for hydroxylation is 1. The van der Waals surface area contributed by atoms with Crippen molar-refractivity contribution in [3.63, 3.8) is 0 Å². The highest BCUT2D eigenvalue weighted by Crippen LogP contribution is 2.38. The highest BCUT2D eigenvalue weighted by molar-refractivity contribution is 9.10. The van der Waals surface area contributed by atoms with E-state index >= 15 is 0 Å². The summed E-state index contributed by atoms with van der Waals surface area (Å²) >= 11 is 12.5. The number of hydrogen-bond donors (Lipinski definition) is 0. The number of fused-ring (bicyclic) bond motifs is 1. The first-order valence-corrected chi connectivity index (χ1v) is 9.93. The Morgan fingerprint density at radius 2 is 1.65 bits per heavy atom. The molecule has 0 unspecified atom stereocenters. The van der Waals surface area contributed by atoms with E-state index in [4.69, 9.17) is 12.2 Å². The molecule has 1 nitrogen and oxygen atoms in total. The van der Waals surface area contributed by atoms with Crippen molar-refractivity contribution >= 4 is 60.4 Å². The van der Waals surface area contributed by atoms with E-state index in [0.717, 1.165) is 14.1 Å². The summed E-state index contributed by atoms with van der Waals surface area (Å²) in [5, 5.41) is 0. The fourth-order valence-corrected chi connectivity index (χ4v) is 5.58. The maximum Gasteiger partial charge on any atom is 0.167 e. The maximum absolute atomic E-state index is 5.58. The Labute approximate surface area is 156 Å². The Morgan fingerprint density at radius 1 is 0.957 bits per heavy atom. The number of benzene rings is 2. The molecule has 2 heterocycles. The van der Waals surface area contributed by atoms with Gasteiger partial charge >= 0.3 is 0 Å². The van der Waals surface area contributed by atoms with Gasteiger partial charge in [-0.25, -0.2) is 0 Å². The Morgan fingerprint density at radius 3 is 2.35 bits per heavy atom. The molecule has 5 heteroatoms. The van der Waals surface area contributed by atoms with Crippen LogP contribution in [0.1, 0.15) is 5.56 Å². The quantitative estimate of drug-likeness (QED) is 0.311. The van der Waals surface area contributed by atoms with E-state index in [1.807, 2.05) is 0 Å². The number of nitrogens with zero attached hydrogens (tertiary/aromatic N) is 1. The number of thiophene rings is 1. The van der Waals surface area contributed by atoms with Crippen molar-refractivity contribution in [2.45, 2.75) is 6.92 Å². The molecule has 0 N–H and O–H groups in total. The minimum Gasteiger partial charge on any atom is -0.283 e. The van der Waals surface area contributed by atoms with E-state index in [2.05, 4.69) is 82.0 Å². The Hall–Kier alpha value is -1.27. The van der Waals surface area contributed by atoms with Crippen LogP contribution in [0.4, 0.5) is 0 Å². The standard InChI is InChI=1S/C18H12BrNS3/c1-11-2-8-14(9-3-11)20-17-16(23-18(20)21)10-15(22-17)12-4-6-13(19)7-5-12/h2-10H,1H3. The molecule has 0 aliphatic carbocycles. The van der Waals surface area contributed by atoms with Gasteiger partial charge in [0.2, 0.25) is 0 Å². The lowest BCUT2D eigenvalue weighted by Gasteiger charge is -2.04. The molecule has 0 radical (unpaired) electrons. The molecule has 114 valence electrons. The second kappa shape index (κ2) is 5.98. The van der Waals surface area contributed by atoms with Crippen LogP contribution in [0.5, 0.6) is 0 Å². The molecule has 0 spiro atoms. The van der Waals surface area contributed by atoms with Gasteiger partial charge in [-0.1, -0.05) is 45.8 Å². The molecule has 0 saturated heterocycles. The van der Waals surface area contributed by atoms with Crippen LogP contribution in [0, 0.1) is 10.9 Å². The smallest absolute Gasteiger partial charge is 0.167 e. The highest BCUT2D eigenvalue weighted by atomic mass is 79.9. The molecule has 0 saturated carbocycles. The zero-order valence-electron chi connectivity index (χ0n) is 12.2. The lowest BCUT2D eigenvalue weighted by molar-refractivity contribution is 1.13. The van der Waals surface area contributed by atoms with Gasteiger partial charge in [-0.3, -0.25) is 4.57 Å². The summed E-state index contributed by atoms with van der Waals surface area (Å²) in [5.74, 6) is 0. The van der Waals surface area contributed by atoms with Crippen molar-refractivity contribution in [3.05, 3.63) is 68.6 Å². The van der Waals surface area contributed by atoms with Crippen LogP contribution in [0.2, 0.25) is 0 Å². The van der Waals surface area contributed by atoms with E-state index in [9.17, 15) is 0 Å². The van der Waals surface area contributed by atoms with Crippen LogP contribution >= 0.6 is 50.8 Å². The summed E-state index contributed by atoms with van der Waals surface area (Å²) in [6.07, 6.45) is 0. The van der Waals surface area contributed by atoms with Gasteiger partial charge in [-0.05, 0) is 55.0 Å². The van der Waals surface area contributed by atoms with E-state index < -0.39 is 0 Å². The molecule has 4 rings (SSSR count). The summed E-state index contributed by atoms with van der Waals surface area (Å²) in [5.41, 5.74) is 3.63. The van der Waals surface area contributed by atoms with Gasteiger partial charge in [0.05, 0.1) is 4.70 Å². The number of halogens is 1. The Kier molecular flexibility index (Phi) is 3.97. The maximum atomic E-state index is 5.58. The van der Waals surface area contributed by atoms with Gasteiger partial charge in [0.15, 0.2) is 3.95 Å². The van der Waals surface area contributed by atoms with Gasteiger partial charge in [0, 0.05) is 15.0 Å². The van der Waals surface area contributed by atoms with Gasteiger partial charge in [0.1, 0.15) is 4.83 Å². The minimum atomic E-state index is 0.900. The van der Waals surface area contributed by atoms with E-state index in [0.29, 0.717) is 0 Å². The van der Waals surface area contributed by atoms with Crippen LogP contribution in [-0.2, 0) is 0 Å². The van der Waals surface area contributed by atoms with E-state index in [1.165, 1.54) is 25.5 Å². The zero-order valence-corrected chi connectivity index (χ0v) is 16.3. The first-order chi connectivity index (χ1) is 11.1. The third-order valence-corrected chi connectivity index (χ3v) is 6.83. The predicted octanol–water partition coefficient (Wildman–Crippen LogP) is 7.22. The summed E-state index contributed by atoms with van der Waals surface area (Å²) < 4.78 is 5.43. The fourth-order valence-electron chi connectivity index (χ4n) is 2.49. The Bertz CT molecular complexity index is 1040. The number of hydrogen-bond acceptors (Lipinski definition) is 3. The molecule has 0 aliphatic rings. The average Bonchev–Trinajstić information content (AvgIpc) is 3.06. The van der Waals surface area contributed by atoms with Crippen molar-refractivity contribution in [3.8, 4) is 16.1 Å². The molecule has 0 aliphatic heterocycles. The number of rotatable bonds is 2. The molecule has 4 aromatic rings. The van der Waals surface area contributed by atoms with Gasteiger partial charge in [-0.2, -0.15) is 0 Å². The largest absolute Gasteiger partial charge is 0.283 e. The third kappa shape index (κ3) is 2.83. The Balaban J connectivity index is 1.89. The minimum absolute atomic E-state index is 0.900. The average molecular weight is 418 g/mol. The lowest BCUT2D eigenvalue weighted by Crippen LogP contribution is -1.91. The number of thiazole rings is 1. The van der Waals surface area contributed by atoms with Gasteiger partial charge < -0.3 is 0 Å². The molecule has 0 amide bonds. The summed E-state index contributed by atoms with van der Waals surface area (Å²) in [6.45, 7) is 2.10. The molecule has 2 aromatic heterocycles. The lowest BCUT2D eigenvalue weighted by atomic mass is 10.2. The summed E-state index contributed by atoms with van der Waals surface area (Å²) in [4.78, 5) is 2.50. The molecular weight excluding hydrogens is 406 g/mol. The van der Waals surface area contributed by atoms with Crippen LogP contribution in [0.15, 0.2) is 59.1 Å². The van der Waals surface area contributed by atoms with Crippen LogP contribution in [0.25, 0.3) is 25.7 Å². The predicted molar refractivity (Wildman–Crippen MR) is 108 cm³/mol. The topological polar surface area (TPSA) is 4.93 Å². The van der Waals surface area contributed by atoms with Crippen molar-refractivity contribution in [1.29, 1.82) is 0 Å². The van der Waals surface area contributed by atoms with Crippen LogP contribution in [-0.4, -0.2) is 4.57 Å². The van der Waals surface area contributed by atoms with Crippen molar-refractivity contribution in [1.82, 2.24) is 4.57 Å².